The number of carbonyl (C=O) groups is 2. The molecule has 2 heterocycles. The SMILES string of the molecule is Cc1ccc(CN2C(=O)S/C(=C\c3cc(C)n(-c4cccc(C(F)(F)F)c4)c3C)C2=O)cc1. The highest BCUT2D eigenvalue weighted by Crippen LogP contribution is 2.35. The number of alkyl halides is 3. The molecule has 1 saturated heterocycles. The summed E-state index contributed by atoms with van der Waals surface area (Å²) in [4.78, 5) is 26.9. The summed E-state index contributed by atoms with van der Waals surface area (Å²) < 4.78 is 41.2. The van der Waals surface area contributed by atoms with Gasteiger partial charge in [0, 0.05) is 17.1 Å². The van der Waals surface area contributed by atoms with Gasteiger partial charge in [-0.1, -0.05) is 35.9 Å². The Morgan fingerprint density at radius 3 is 2.33 bits per heavy atom. The van der Waals surface area contributed by atoms with Crippen LogP contribution in [0.15, 0.2) is 59.5 Å². The quantitative estimate of drug-likeness (QED) is 0.401. The van der Waals surface area contributed by atoms with Gasteiger partial charge < -0.3 is 4.57 Å². The Kier molecular flexibility index (Phi) is 5.97. The lowest BCUT2D eigenvalue weighted by molar-refractivity contribution is -0.137. The minimum absolute atomic E-state index is 0.186. The first-order chi connectivity index (χ1) is 15.5. The zero-order chi connectivity index (χ0) is 23.9. The molecule has 170 valence electrons. The highest BCUT2D eigenvalue weighted by atomic mass is 32.2. The molecule has 4 rings (SSSR count). The smallest absolute Gasteiger partial charge is 0.318 e. The van der Waals surface area contributed by atoms with Gasteiger partial charge in [-0.3, -0.25) is 14.5 Å². The van der Waals surface area contributed by atoms with Crippen LogP contribution < -0.4 is 0 Å². The van der Waals surface area contributed by atoms with Gasteiger partial charge in [-0.15, -0.1) is 0 Å². The van der Waals surface area contributed by atoms with Gasteiger partial charge in [0.25, 0.3) is 11.1 Å². The molecule has 0 unspecified atom stereocenters. The minimum Gasteiger partial charge on any atom is -0.318 e. The van der Waals surface area contributed by atoms with Crippen LogP contribution >= 0.6 is 11.8 Å². The van der Waals surface area contributed by atoms with Gasteiger partial charge in [0.15, 0.2) is 0 Å². The maximum atomic E-state index is 13.2. The number of hydrogen-bond acceptors (Lipinski definition) is 3. The Balaban J connectivity index is 1.63. The number of imide groups is 1. The normalized spacial score (nSPS) is 15.7. The summed E-state index contributed by atoms with van der Waals surface area (Å²) >= 11 is 0.865. The van der Waals surface area contributed by atoms with Crippen molar-refractivity contribution in [1.82, 2.24) is 9.47 Å². The van der Waals surface area contributed by atoms with Crippen LogP contribution in [0.3, 0.4) is 0 Å². The molecule has 8 heteroatoms. The van der Waals surface area contributed by atoms with E-state index in [-0.39, 0.29) is 22.6 Å². The Hall–Kier alpha value is -3.26. The van der Waals surface area contributed by atoms with Gasteiger partial charge >= 0.3 is 6.18 Å². The van der Waals surface area contributed by atoms with E-state index in [9.17, 15) is 22.8 Å². The predicted molar refractivity (Wildman–Crippen MR) is 123 cm³/mol. The predicted octanol–water partition coefficient (Wildman–Crippen LogP) is 6.66. The lowest BCUT2D eigenvalue weighted by Gasteiger charge is -2.13. The molecule has 0 radical (unpaired) electrons. The molecule has 0 atom stereocenters. The van der Waals surface area contributed by atoms with Crippen molar-refractivity contribution in [2.24, 2.45) is 0 Å². The summed E-state index contributed by atoms with van der Waals surface area (Å²) in [5.41, 5.74) is 3.66. The summed E-state index contributed by atoms with van der Waals surface area (Å²) in [5.74, 6) is -0.380. The van der Waals surface area contributed by atoms with Crippen molar-refractivity contribution in [2.45, 2.75) is 33.5 Å². The molecule has 1 aliphatic rings. The van der Waals surface area contributed by atoms with Gasteiger partial charge in [0.05, 0.1) is 17.0 Å². The van der Waals surface area contributed by atoms with E-state index in [4.69, 9.17) is 0 Å². The average molecular weight is 471 g/mol. The van der Waals surface area contributed by atoms with E-state index in [1.807, 2.05) is 31.2 Å². The maximum Gasteiger partial charge on any atom is 0.416 e. The Bertz CT molecular complexity index is 1270. The fraction of sp³-hybridized carbons (Fsp3) is 0.200. The monoisotopic (exact) mass is 470 g/mol. The molecule has 4 nitrogen and oxygen atoms in total. The number of rotatable bonds is 4. The fourth-order valence-corrected chi connectivity index (χ4v) is 4.64. The second kappa shape index (κ2) is 8.59. The summed E-state index contributed by atoms with van der Waals surface area (Å²) in [6.45, 7) is 5.71. The number of amides is 2. The number of halogens is 3. The van der Waals surface area contributed by atoms with Crippen LogP contribution in [-0.2, 0) is 17.5 Å². The number of thioether (sulfide) groups is 1. The summed E-state index contributed by atoms with van der Waals surface area (Å²) in [7, 11) is 0. The van der Waals surface area contributed by atoms with E-state index in [2.05, 4.69) is 0 Å². The first-order valence-electron chi connectivity index (χ1n) is 10.2. The van der Waals surface area contributed by atoms with Crippen LogP contribution in [0.2, 0.25) is 0 Å². The van der Waals surface area contributed by atoms with Gasteiger partial charge in [-0.2, -0.15) is 13.2 Å². The van der Waals surface area contributed by atoms with Crippen molar-refractivity contribution >= 4 is 29.0 Å². The second-order valence-electron chi connectivity index (χ2n) is 7.96. The third-order valence-electron chi connectivity index (χ3n) is 5.52. The fourth-order valence-electron chi connectivity index (χ4n) is 3.81. The van der Waals surface area contributed by atoms with Gasteiger partial charge in [0.2, 0.25) is 0 Å². The van der Waals surface area contributed by atoms with Crippen molar-refractivity contribution < 1.29 is 22.8 Å². The summed E-state index contributed by atoms with van der Waals surface area (Å²) in [6.07, 6.45) is -2.81. The largest absolute Gasteiger partial charge is 0.416 e. The Morgan fingerprint density at radius 1 is 0.970 bits per heavy atom. The van der Waals surface area contributed by atoms with Crippen molar-refractivity contribution in [2.75, 3.05) is 0 Å². The van der Waals surface area contributed by atoms with E-state index in [0.717, 1.165) is 40.7 Å². The Morgan fingerprint density at radius 2 is 1.67 bits per heavy atom. The van der Waals surface area contributed by atoms with Crippen LogP contribution in [0.4, 0.5) is 18.0 Å². The lowest BCUT2D eigenvalue weighted by Crippen LogP contribution is -2.27. The van der Waals surface area contributed by atoms with Crippen LogP contribution in [0.5, 0.6) is 0 Å². The van der Waals surface area contributed by atoms with Gasteiger partial charge in [-0.05, 0) is 74.0 Å². The topological polar surface area (TPSA) is 42.3 Å². The number of nitrogens with zero attached hydrogens (tertiary/aromatic N) is 2. The molecule has 33 heavy (non-hydrogen) atoms. The van der Waals surface area contributed by atoms with Crippen molar-refractivity contribution in [3.05, 3.63) is 93.1 Å². The molecular weight excluding hydrogens is 449 g/mol. The zero-order valence-electron chi connectivity index (χ0n) is 18.2. The standard InChI is InChI=1S/C25H21F3N2O2S/c1-15-7-9-18(10-8-15)14-29-23(31)22(33-24(29)32)12-19-11-16(2)30(17(19)3)21-6-4-5-20(13-21)25(26,27)28/h4-13H,14H2,1-3H3/b22-12-. The van der Waals surface area contributed by atoms with E-state index in [0.29, 0.717) is 16.9 Å². The number of aryl methyl sites for hydroxylation is 2. The van der Waals surface area contributed by atoms with Crippen LogP contribution in [0.1, 0.15) is 33.6 Å². The summed E-state index contributed by atoms with van der Waals surface area (Å²) in [6, 6.07) is 14.5. The van der Waals surface area contributed by atoms with Crippen LogP contribution in [0.25, 0.3) is 11.8 Å². The molecule has 1 fully saturated rings. The highest BCUT2D eigenvalue weighted by molar-refractivity contribution is 8.18. The molecule has 0 bridgehead atoms. The molecule has 3 aromatic rings. The molecule has 2 aromatic carbocycles. The second-order valence-corrected chi connectivity index (χ2v) is 8.96. The highest BCUT2D eigenvalue weighted by Gasteiger charge is 2.35. The number of hydrogen-bond donors (Lipinski definition) is 0. The van der Waals surface area contributed by atoms with Crippen molar-refractivity contribution in [3.8, 4) is 5.69 Å². The molecular formula is C25H21F3N2O2S. The van der Waals surface area contributed by atoms with Crippen molar-refractivity contribution in [1.29, 1.82) is 0 Å². The minimum atomic E-state index is -4.44. The molecule has 0 aliphatic carbocycles. The maximum absolute atomic E-state index is 13.2. The zero-order valence-corrected chi connectivity index (χ0v) is 19.1. The third kappa shape index (κ3) is 4.61. The molecule has 0 N–H and O–H groups in total. The first kappa shape index (κ1) is 22.9. The molecule has 0 saturated carbocycles. The van der Waals surface area contributed by atoms with E-state index in [1.54, 1.807) is 36.6 Å². The van der Waals surface area contributed by atoms with Gasteiger partial charge in [0.1, 0.15) is 0 Å². The third-order valence-corrected chi connectivity index (χ3v) is 6.43. The number of benzene rings is 2. The average Bonchev–Trinajstić information content (AvgIpc) is 3.18. The Labute approximate surface area is 193 Å². The molecule has 1 aromatic heterocycles. The molecule has 0 spiro atoms. The van der Waals surface area contributed by atoms with Gasteiger partial charge in [-0.25, -0.2) is 0 Å². The van der Waals surface area contributed by atoms with Crippen LogP contribution in [-0.4, -0.2) is 20.6 Å². The summed E-state index contributed by atoms with van der Waals surface area (Å²) in [5, 5.41) is -0.349. The molecule has 1 aliphatic heterocycles. The van der Waals surface area contributed by atoms with Crippen LogP contribution in [0, 0.1) is 20.8 Å². The van der Waals surface area contributed by atoms with E-state index in [1.165, 1.54) is 11.0 Å². The van der Waals surface area contributed by atoms with Crippen molar-refractivity contribution in [3.63, 3.8) is 0 Å². The first-order valence-corrected chi connectivity index (χ1v) is 11.0. The van der Waals surface area contributed by atoms with E-state index >= 15 is 0 Å². The number of carbonyl (C=O) groups excluding carboxylic acids is 2. The van der Waals surface area contributed by atoms with E-state index < -0.39 is 11.7 Å². The number of aromatic nitrogens is 1. The lowest BCUT2D eigenvalue weighted by atomic mass is 10.1. The molecule has 2 amide bonds.